The van der Waals surface area contributed by atoms with Crippen molar-refractivity contribution in [1.82, 2.24) is 0 Å². The molecule has 0 amide bonds. The van der Waals surface area contributed by atoms with Gasteiger partial charge >= 0.3 is 0 Å². The molecule has 0 saturated carbocycles. The molecule has 0 aromatic heterocycles. The van der Waals surface area contributed by atoms with Gasteiger partial charge in [0.15, 0.2) is 0 Å². The maximum atomic E-state index is 6.26. The Morgan fingerprint density at radius 1 is 1.05 bits per heavy atom. The number of benzene rings is 2. The molecule has 98 valence electrons. The molecule has 0 heterocycles. The summed E-state index contributed by atoms with van der Waals surface area (Å²) in [5.41, 5.74) is 11.5. The average molecular weight is 252 g/mol. The summed E-state index contributed by atoms with van der Waals surface area (Å²) < 4.78 is 0. The monoisotopic (exact) mass is 252 g/mol. The van der Waals surface area contributed by atoms with Crippen LogP contribution in [0.2, 0.25) is 0 Å². The van der Waals surface area contributed by atoms with Crippen molar-refractivity contribution in [3.05, 3.63) is 65.2 Å². The molecule has 0 spiro atoms. The number of nitrogens with two attached hydrogens (primary N) is 1. The van der Waals surface area contributed by atoms with Crippen LogP contribution in [0.4, 0.5) is 5.69 Å². The summed E-state index contributed by atoms with van der Waals surface area (Å²) in [6, 6.07) is 17.7. The van der Waals surface area contributed by atoms with E-state index in [1.807, 2.05) is 0 Å². The Morgan fingerprint density at radius 3 is 2.53 bits per heavy atom. The molecule has 1 aliphatic carbocycles. The van der Waals surface area contributed by atoms with Crippen molar-refractivity contribution in [1.29, 1.82) is 0 Å². The van der Waals surface area contributed by atoms with E-state index < -0.39 is 0 Å². The third kappa shape index (κ3) is 2.13. The lowest BCUT2D eigenvalue weighted by molar-refractivity contribution is 0.594. The Morgan fingerprint density at radius 2 is 1.79 bits per heavy atom. The first-order valence-corrected chi connectivity index (χ1v) is 6.80. The van der Waals surface area contributed by atoms with Crippen LogP contribution in [-0.2, 0) is 0 Å². The second-order valence-electron chi connectivity index (χ2n) is 5.44. The third-order valence-electron chi connectivity index (χ3n) is 4.11. The summed E-state index contributed by atoms with van der Waals surface area (Å²) in [5.74, 6) is 0. The molecule has 19 heavy (non-hydrogen) atoms. The highest BCUT2D eigenvalue weighted by molar-refractivity contribution is 5.52. The molecule has 2 unspecified atom stereocenters. The normalized spacial score (nSPS) is 21.2. The SMILES string of the molecule is Cc1cccc(N(C)C2CC(N)c3ccccc32)c1. The van der Waals surface area contributed by atoms with Gasteiger partial charge in [0.05, 0.1) is 6.04 Å². The number of hydrogen-bond donors (Lipinski definition) is 1. The van der Waals surface area contributed by atoms with Gasteiger partial charge in [-0.3, -0.25) is 0 Å². The summed E-state index contributed by atoms with van der Waals surface area (Å²) in [6.07, 6.45) is 0.990. The lowest BCUT2D eigenvalue weighted by Crippen LogP contribution is -2.22. The van der Waals surface area contributed by atoms with Crippen LogP contribution in [0.15, 0.2) is 48.5 Å². The van der Waals surface area contributed by atoms with Crippen molar-refractivity contribution in [2.24, 2.45) is 5.73 Å². The second kappa shape index (κ2) is 4.71. The highest BCUT2D eigenvalue weighted by Gasteiger charge is 2.31. The highest BCUT2D eigenvalue weighted by atomic mass is 15.1. The molecule has 2 atom stereocenters. The van der Waals surface area contributed by atoms with Gasteiger partial charge in [-0.25, -0.2) is 0 Å². The Balaban J connectivity index is 1.96. The molecule has 2 aromatic rings. The zero-order valence-corrected chi connectivity index (χ0v) is 11.5. The molecule has 0 aliphatic heterocycles. The first-order chi connectivity index (χ1) is 9.16. The van der Waals surface area contributed by atoms with Crippen molar-refractivity contribution < 1.29 is 0 Å². The molecule has 3 rings (SSSR count). The second-order valence-corrected chi connectivity index (χ2v) is 5.44. The molecule has 0 saturated heterocycles. The van der Waals surface area contributed by atoms with E-state index >= 15 is 0 Å². The number of rotatable bonds is 2. The van der Waals surface area contributed by atoms with E-state index in [0.29, 0.717) is 6.04 Å². The summed E-state index contributed by atoms with van der Waals surface area (Å²) >= 11 is 0. The molecule has 2 heteroatoms. The minimum atomic E-state index is 0.161. The molecule has 0 fully saturated rings. The van der Waals surface area contributed by atoms with Crippen LogP contribution < -0.4 is 10.6 Å². The smallest absolute Gasteiger partial charge is 0.0560 e. The molecule has 2 N–H and O–H groups in total. The summed E-state index contributed by atoms with van der Waals surface area (Å²) in [4.78, 5) is 2.35. The average Bonchev–Trinajstić information content (AvgIpc) is 2.76. The van der Waals surface area contributed by atoms with Gasteiger partial charge in [-0.2, -0.15) is 0 Å². The number of anilines is 1. The maximum absolute atomic E-state index is 6.26. The van der Waals surface area contributed by atoms with Crippen LogP contribution >= 0.6 is 0 Å². The zero-order valence-electron chi connectivity index (χ0n) is 11.5. The van der Waals surface area contributed by atoms with Crippen LogP contribution in [0.5, 0.6) is 0 Å². The van der Waals surface area contributed by atoms with Crippen LogP contribution in [0, 0.1) is 6.92 Å². The number of hydrogen-bond acceptors (Lipinski definition) is 2. The zero-order chi connectivity index (χ0) is 13.4. The van der Waals surface area contributed by atoms with E-state index in [1.54, 1.807) is 0 Å². The van der Waals surface area contributed by atoms with Crippen molar-refractivity contribution in [2.75, 3.05) is 11.9 Å². The predicted octanol–water partition coefficient (Wildman–Crippen LogP) is 3.58. The highest BCUT2D eigenvalue weighted by Crippen LogP contribution is 2.41. The van der Waals surface area contributed by atoms with Gasteiger partial charge in [0.1, 0.15) is 0 Å². The minimum Gasteiger partial charge on any atom is -0.367 e. The predicted molar refractivity (Wildman–Crippen MR) is 80.3 cm³/mol. The van der Waals surface area contributed by atoms with Gasteiger partial charge in [-0.1, -0.05) is 36.4 Å². The molecule has 0 radical (unpaired) electrons. The quantitative estimate of drug-likeness (QED) is 0.885. The van der Waals surface area contributed by atoms with E-state index in [1.165, 1.54) is 22.4 Å². The van der Waals surface area contributed by atoms with E-state index in [0.717, 1.165) is 6.42 Å². The topological polar surface area (TPSA) is 29.3 Å². The van der Waals surface area contributed by atoms with Gasteiger partial charge < -0.3 is 10.6 Å². The fourth-order valence-electron chi connectivity index (χ4n) is 3.04. The molecular weight excluding hydrogens is 232 g/mol. The van der Waals surface area contributed by atoms with Crippen LogP contribution in [0.25, 0.3) is 0 Å². The first kappa shape index (κ1) is 12.2. The van der Waals surface area contributed by atoms with Crippen LogP contribution in [-0.4, -0.2) is 7.05 Å². The van der Waals surface area contributed by atoms with Crippen molar-refractivity contribution in [3.8, 4) is 0 Å². The van der Waals surface area contributed by atoms with Crippen LogP contribution in [0.1, 0.15) is 35.2 Å². The lowest BCUT2D eigenvalue weighted by Gasteiger charge is -2.28. The fraction of sp³-hybridized carbons (Fsp3) is 0.294. The minimum absolute atomic E-state index is 0.161. The Kier molecular flexibility index (Phi) is 3.03. The molecule has 2 nitrogen and oxygen atoms in total. The number of aryl methyl sites for hydroxylation is 1. The summed E-state index contributed by atoms with van der Waals surface area (Å²) in [6.45, 7) is 2.13. The standard InChI is InChI=1S/C17H20N2/c1-12-6-5-7-13(10-12)19(2)17-11-16(18)14-8-3-4-9-15(14)17/h3-10,16-17H,11,18H2,1-2H3. The lowest BCUT2D eigenvalue weighted by atomic mass is 10.1. The van der Waals surface area contributed by atoms with Gasteiger partial charge in [-0.15, -0.1) is 0 Å². The molecule has 1 aliphatic rings. The Hall–Kier alpha value is -1.80. The van der Waals surface area contributed by atoms with Crippen molar-refractivity contribution in [3.63, 3.8) is 0 Å². The van der Waals surface area contributed by atoms with Gasteiger partial charge in [0, 0.05) is 18.8 Å². The molecule has 2 aromatic carbocycles. The largest absolute Gasteiger partial charge is 0.367 e. The third-order valence-corrected chi connectivity index (χ3v) is 4.11. The Labute approximate surface area is 114 Å². The first-order valence-electron chi connectivity index (χ1n) is 6.80. The number of fused-ring (bicyclic) bond motifs is 1. The molecule has 0 bridgehead atoms. The van der Waals surface area contributed by atoms with Gasteiger partial charge in [-0.05, 0) is 42.2 Å². The Bertz CT molecular complexity index is 591. The summed E-state index contributed by atoms with van der Waals surface area (Å²) in [7, 11) is 2.16. The van der Waals surface area contributed by atoms with E-state index in [9.17, 15) is 0 Å². The van der Waals surface area contributed by atoms with Crippen molar-refractivity contribution >= 4 is 5.69 Å². The van der Waals surface area contributed by atoms with E-state index in [2.05, 4.69) is 67.4 Å². The van der Waals surface area contributed by atoms with E-state index in [4.69, 9.17) is 5.73 Å². The fourth-order valence-corrected chi connectivity index (χ4v) is 3.04. The van der Waals surface area contributed by atoms with Gasteiger partial charge in [0.25, 0.3) is 0 Å². The maximum Gasteiger partial charge on any atom is 0.0560 e. The van der Waals surface area contributed by atoms with Crippen LogP contribution in [0.3, 0.4) is 0 Å². The van der Waals surface area contributed by atoms with Gasteiger partial charge in [0.2, 0.25) is 0 Å². The van der Waals surface area contributed by atoms with Crippen molar-refractivity contribution in [2.45, 2.75) is 25.4 Å². The summed E-state index contributed by atoms with van der Waals surface area (Å²) in [5, 5.41) is 0. The molecular formula is C17H20N2. The van der Waals surface area contributed by atoms with E-state index in [-0.39, 0.29) is 6.04 Å². The number of nitrogens with zero attached hydrogens (tertiary/aromatic N) is 1.